The molecule has 0 aliphatic carbocycles. The standard InChI is InChI=1S/C9H8F3N2O3S.Y/c1-6-2-4-7(5-3-6)18(15,16)17-8(14-13)9(10,11)12;/h2-5,13H,1H3;/q-1;. The summed E-state index contributed by atoms with van der Waals surface area (Å²) in [4.78, 5) is -0.446. The Labute approximate surface area is 133 Å². The smallest absolute Gasteiger partial charge is 0.468 e. The van der Waals surface area contributed by atoms with Gasteiger partial charge in [0.05, 0.1) is 0 Å². The molecule has 0 atom stereocenters. The predicted octanol–water partition coefficient (Wildman–Crippen LogP) is 2.63. The minimum Gasteiger partial charge on any atom is -0.613 e. The number of hydrogen-bond acceptors (Lipinski definition) is 4. The van der Waals surface area contributed by atoms with Crippen LogP contribution >= 0.6 is 0 Å². The number of benzene rings is 1. The van der Waals surface area contributed by atoms with Crippen LogP contribution in [0.4, 0.5) is 13.2 Å². The van der Waals surface area contributed by atoms with Crippen LogP contribution < -0.4 is 0 Å². The van der Waals surface area contributed by atoms with Crippen LogP contribution in [0.2, 0.25) is 0 Å². The normalized spacial score (nSPS) is 12.7. The van der Waals surface area contributed by atoms with Gasteiger partial charge >= 0.3 is 16.3 Å². The van der Waals surface area contributed by atoms with Crippen molar-refractivity contribution in [3.63, 3.8) is 0 Å². The molecule has 0 aliphatic rings. The van der Waals surface area contributed by atoms with Crippen LogP contribution in [0.5, 0.6) is 0 Å². The number of nitrogens with one attached hydrogen (secondary N) is 1. The third-order valence-corrected chi connectivity index (χ3v) is 3.07. The van der Waals surface area contributed by atoms with Crippen molar-refractivity contribution in [2.75, 3.05) is 0 Å². The average molecular weight is 370 g/mol. The van der Waals surface area contributed by atoms with E-state index in [9.17, 15) is 21.6 Å². The third-order valence-electron chi connectivity index (χ3n) is 1.84. The van der Waals surface area contributed by atoms with Gasteiger partial charge in [-0.1, -0.05) is 17.7 Å². The summed E-state index contributed by atoms with van der Waals surface area (Å²) in [6.45, 7) is 1.68. The largest absolute Gasteiger partial charge is 0.613 e. The van der Waals surface area contributed by atoms with Crippen LogP contribution in [0.25, 0.3) is 5.84 Å². The molecule has 0 amide bonds. The minimum absolute atomic E-state index is 0. The molecule has 0 unspecified atom stereocenters. The summed E-state index contributed by atoms with van der Waals surface area (Å²) in [5.41, 5.74) is 0.735. The van der Waals surface area contributed by atoms with E-state index >= 15 is 0 Å². The summed E-state index contributed by atoms with van der Waals surface area (Å²) in [5.74, 6) is 4.13. The topological polar surface area (TPSA) is 79.5 Å². The quantitative estimate of drug-likeness (QED) is 0.348. The van der Waals surface area contributed by atoms with Gasteiger partial charge in [-0.3, -0.25) is 0 Å². The summed E-state index contributed by atoms with van der Waals surface area (Å²) in [5, 5.41) is 2.03. The molecule has 1 aromatic carbocycles. The number of aryl methyl sites for hydroxylation is 1. The molecule has 0 saturated heterocycles. The second-order valence-corrected chi connectivity index (χ2v) is 4.81. The van der Waals surface area contributed by atoms with Crippen molar-refractivity contribution in [1.29, 1.82) is 0 Å². The molecule has 0 aliphatic heterocycles. The van der Waals surface area contributed by atoms with E-state index in [0.29, 0.717) is 0 Å². The fourth-order valence-electron chi connectivity index (χ4n) is 0.986. The molecule has 103 valence electrons. The number of hydrogen-bond donors (Lipinski definition) is 0. The summed E-state index contributed by atoms with van der Waals surface area (Å²) in [6.07, 6.45) is -5.14. The molecule has 0 bridgehead atoms. The Morgan fingerprint density at radius 1 is 1.26 bits per heavy atom. The zero-order valence-corrected chi connectivity index (χ0v) is 13.3. The Hall–Kier alpha value is -0.666. The van der Waals surface area contributed by atoms with E-state index in [-0.39, 0.29) is 32.7 Å². The Balaban J connectivity index is 0.00000324. The summed E-state index contributed by atoms with van der Waals surface area (Å²) in [6, 6.07) is 5.01. The van der Waals surface area contributed by atoms with E-state index < -0.39 is 27.1 Å². The van der Waals surface area contributed by atoms with Crippen LogP contribution in [0.15, 0.2) is 34.3 Å². The second-order valence-electron chi connectivity index (χ2n) is 3.27. The molecule has 1 N–H and O–H groups in total. The maximum absolute atomic E-state index is 12.2. The molecule has 1 rings (SSSR count). The van der Waals surface area contributed by atoms with Gasteiger partial charge in [0.25, 0.3) is 5.90 Å². The van der Waals surface area contributed by atoms with Crippen molar-refractivity contribution in [1.82, 2.24) is 0 Å². The molecule has 0 saturated carbocycles. The van der Waals surface area contributed by atoms with Crippen molar-refractivity contribution in [2.45, 2.75) is 18.0 Å². The predicted molar refractivity (Wildman–Crippen MR) is 57.3 cm³/mol. The van der Waals surface area contributed by atoms with Gasteiger partial charge in [-0.15, -0.1) is 0 Å². The summed E-state index contributed by atoms with van der Waals surface area (Å²) < 4.78 is 63.3. The minimum atomic E-state index is -5.14. The number of alkyl halides is 3. The van der Waals surface area contributed by atoms with Gasteiger partial charge in [0.1, 0.15) is 4.90 Å². The Morgan fingerprint density at radius 3 is 2.11 bits per heavy atom. The van der Waals surface area contributed by atoms with Gasteiger partial charge in [-0.05, 0) is 19.1 Å². The van der Waals surface area contributed by atoms with Gasteiger partial charge in [-0.2, -0.15) is 21.6 Å². The first-order chi connectivity index (χ1) is 8.16. The summed E-state index contributed by atoms with van der Waals surface area (Å²) in [7, 11) is -4.64. The van der Waals surface area contributed by atoms with Crippen molar-refractivity contribution in [3.8, 4) is 0 Å². The molecule has 0 heterocycles. The molecule has 0 aromatic heterocycles. The first-order valence-corrected chi connectivity index (χ1v) is 5.90. The zero-order valence-electron chi connectivity index (χ0n) is 9.60. The maximum atomic E-state index is 12.2. The van der Waals surface area contributed by atoms with Gasteiger partial charge in [-0.25, -0.2) is 0 Å². The Morgan fingerprint density at radius 2 is 1.74 bits per heavy atom. The van der Waals surface area contributed by atoms with Crippen molar-refractivity contribution in [2.24, 2.45) is 5.10 Å². The van der Waals surface area contributed by atoms with Gasteiger partial charge < -0.3 is 15.1 Å². The fraction of sp³-hybridized carbons (Fsp3) is 0.222. The molecule has 10 heteroatoms. The third kappa shape index (κ3) is 5.08. The van der Waals surface area contributed by atoms with Crippen LogP contribution in [-0.4, -0.2) is 20.5 Å². The van der Waals surface area contributed by atoms with E-state index in [4.69, 9.17) is 5.84 Å². The maximum Gasteiger partial charge on any atom is 0.468 e. The molecular weight excluding hydrogens is 362 g/mol. The van der Waals surface area contributed by atoms with E-state index in [2.05, 4.69) is 4.18 Å². The molecule has 5 nitrogen and oxygen atoms in total. The average Bonchev–Trinajstić information content (AvgIpc) is 2.25. The second kappa shape index (κ2) is 6.67. The van der Waals surface area contributed by atoms with E-state index in [1.165, 1.54) is 12.1 Å². The van der Waals surface area contributed by atoms with Gasteiger partial charge in [0.15, 0.2) is 0 Å². The van der Waals surface area contributed by atoms with Crippen LogP contribution in [0.3, 0.4) is 0 Å². The van der Waals surface area contributed by atoms with Crippen LogP contribution in [0.1, 0.15) is 5.56 Å². The Bertz CT molecular complexity index is 555. The molecule has 0 fully saturated rings. The molecule has 1 aromatic rings. The molecule has 1 radical (unpaired) electrons. The number of halogens is 3. The van der Waals surface area contributed by atoms with Crippen molar-refractivity contribution < 1.29 is 58.5 Å². The van der Waals surface area contributed by atoms with E-state index in [1.54, 1.807) is 6.92 Å². The van der Waals surface area contributed by atoms with Gasteiger partial charge in [0, 0.05) is 32.7 Å². The summed E-state index contributed by atoms with van der Waals surface area (Å²) >= 11 is 0. The molecule has 0 spiro atoms. The number of nitrogens with zero attached hydrogens (tertiary/aromatic N) is 1. The van der Waals surface area contributed by atoms with E-state index in [0.717, 1.165) is 17.7 Å². The Kier molecular flexibility index (Phi) is 6.43. The first-order valence-electron chi connectivity index (χ1n) is 4.49. The molecule has 19 heavy (non-hydrogen) atoms. The fourth-order valence-corrected chi connectivity index (χ4v) is 1.89. The van der Waals surface area contributed by atoms with Crippen molar-refractivity contribution >= 4 is 16.0 Å². The van der Waals surface area contributed by atoms with Crippen LogP contribution in [-0.2, 0) is 47.0 Å². The van der Waals surface area contributed by atoms with Gasteiger partial charge in [0.2, 0.25) is 0 Å². The molecular formula is C9H8F3N2O3SY-. The SMILES string of the molecule is Cc1ccc(S(=O)(=O)OC(=N[NH-])C(F)(F)F)cc1.[Y]. The number of rotatable bonds is 2. The zero-order chi connectivity index (χ0) is 14.0. The van der Waals surface area contributed by atoms with Crippen molar-refractivity contribution in [3.05, 3.63) is 35.7 Å². The monoisotopic (exact) mass is 370 g/mol. The first kappa shape index (κ1) is 18.3. The van der Waals surface area contributed by atoms with Crippen LogP contribution in [0, 0.1) is 6.92 Å². The van der Waals surface area contributed by atoms with E-state index in [1.807, 2.05) is 5.10 Å².